The first kappa shape index (κ1) is 19.6. The number of hydrogen-bond acceptors (Lipinski definition) is 4. The first-order chi connectivity index (χ1) is 14.1. The van der Waals surface area contributed by atoms with Gasteiger partial charge >= 0.3 is 0 Å². The number of fused-ring (bicyclic) bond motifs is 4. The maximum atomic E-state index is 14.4. The molecule has 29 heavy (non-hydrogen) atoms. The number of aromatic nitrogens is 4. The quantitative estimate of drug-likeness (QED) is 0.397. The lowest BCUT2D eigenvalue weighted by atomic mass is 9.97. The van der Waals surface area contributed by atoms with E-state index in [1.807, 2.05) is 31.2 Å². The van der Waals surface area contributed by atoms with Crippen LogP contribution >= 0.6 is 11.6 Å². The highest BCUT2D eigenvalue weighted by Crippen LogP contribution is 2.40. The van der Waals surface area contributed by atoms with Crippen molar-refractivity contribution in [3.05, 3.63) is 58.1 Å². The van der Waals surface area contributed by atoms with Gasteiger partial charge in [0.2, 0.25) is 0 Å². The normalized spacial score (nSPS) is 13.4. The molecule has 0 bridgehead atoms. The zero-order valence-electron chi connectivity index (χ0n) is 17.0. The second-order valence-electron chi connectivity index (χ2n) is 6.90. The molecule has 0 unspecified atom stereocenters. The predicted molar refractivity (Wildman–Crippen MR) is 116 cm³/mol. The van der Waals surface area contributed by atoms with Gasteiger partial charge in [0, 0.05) is 12.2 Å². The lowest BCUT2D eigenvalue weighted by Gasteiger charge is -2.32. The van der Waals surface area contributed by atoms with E-state index in [0.717, 1.165) is 30.6 Å². The Kier molecular flexibility index (Phi) is 5.13. The molecule has 0 fully saturated rings. The van der Waals surface area contributed by atoms with Gasteiger partial charge in [-0.15, -0.1) is 10.2 Å². The largest absolute Gasteiger partial charge is 0.325 e. The summed E-state index contributed by atoms with van der Waals surface area (Å²) in [6.45, 7) is 8.75. The molecule has 0 radical (unpaired) electrons. The summed E-state index contributed by atoms with van der Waals surface area (Å²) in [5, 5.41) is 8.98. The van der Waals surface area contributed by atoms with Crippen LogP contribution in [0, 0.1) is 19.7 Å². The fraction of sp³-hybridized carbons (Fsp3) is 0.318. The van der Waals surface area contributed by atoms with E-state index < -0.39 is 5.82 Å². The topological polar surface area (TPSA) is 46.3 Å². The van der Waals surface area contributed by atoms with Crippen molar-refractivity contribution in [3.63, 3.8) is 0 Å². The number of benzene rings is 2. The maximum absolute atomic E-state index is 14.4. The zero-order chi connectivity index (χ0) is 20.7. The molecule has 0 saturated carbocycles. The van der Waals surface area contributed by atoms with Crippen molar-refractivity contribution >= 4 is 39.8 Å². The van der Waals surface area contributed by atoms with Crippen LogP contribution in [0.15, 0.2) is 30.3 Å². The van der Waals surface area contributed by atoms with Crippen LogP contribution in [-0.2, 0) is 6.42 Å². The molecule has 1 aliphatic rings. The van der Waals surface area contributed by atoms with Crippen molar-refractivity contribution in [2.75, 3.05) is 11.4 Å². The molecular formula is C22H23ClFN5. The molecular weight excluding hydrogens is 389 g/mol. The van der Waals surface area contributed by atoms with Gasteiger partial charge in [0.05, 0.1) is 15.9 Å². The fourth-order valence-corrected chi connectivity index (χ4v) is 4.25. The van der Waals surface area contributed by atoms with E-state index in [9.17, 15) is 4.39 Å². The van der Waals surface area contributed by atoms with E-state index >= 15 is 0 Å². The Morgan fingerprint density at radius 1 is 1.07 bits per heavy atom. The smallest absolute Gasteiger partial charge is 0.257 e. The highest BCUT2D eigenvalue weighted by Gasteiger charge is 2.25. The van der Waals surface area contributed by atoms with E-state index in [1.165, 1.54) is 17.2 Å². The second kappa shape index (κ2) is 7.59. The molecule has 0 amide bonds. The maximum Gasteiger partial charge on any atom is 0.257 e. The Balaban J connectivity index is 0.000000994. The van der Waals surface area contributed by atoms with Crippen LogP contribution in [-0.4, -0.2) is 26.1 Å². The average molecular weight is 412 g/mol. The number of hydrogen-bond donors (Lipinski definition) is 0. The number of aryl methyl sites for hydroxylation is 2. The standard InChI is InChI=1S/C20H17ClFN5.C2H6/c1-11-5-3-7-15-13(11)6-4-10-26(15)19-17-16(9-8-14(22)18(17)21)27-12(2)24-25-20(27)23-19;1-2/h3,5,7-9H,4,6,10H2,1-2H3;1-2H3. The third-order valence-electron chi connectivity index (χ3n) is 5.29. The van der Waals surface area contributed by atoms with Crippen molar-refractivity contribution in [3.8, 4) is 0 Å². The van der Waals surface area contributed by atoms with E-state index in [2.05, 4.69) is 34.2 Å². The van der Waals surface area contributed by atoms with Gasteiger partial charge in [0.15, 0.2) is 0 Å². The molecule has 0 saturated heterocycles. The third kappa shape index (κ3) is 3.02. The van der Waals surface area contributed by atoms with Crippen LogP contribution in [0.5, 0.6) is 0 Å². The van der Waals surface area contributed by atoms with Crippen molar-refractivity contribution in [1.82, 2.24) is 19.6 Å². The van der Waals surface area contributed by atoms with Crippen molar-refractivity contribution in [2.45, 2.75) is 40.5 Å². The SMILES string of the molecule is CC.Cc1cccc2c1CCCN2c1nc2nnc(C)n2c2ccc(F)c(Cl)c12. The Morgan fingerprint density at radius 3 is 2.66 bits per heavy atom. The summed E-state index contributed by atoms with van der Waals surface area (Å²) >= 11 is 6.43. The molecule has 2 aromatic carbocycles. The van der Waals surface area contributed by atoms with E-state index in [-0.39, 0.29) is 5.02 Å². The monoisotopic (exact) mass is 411 g/mol. The summed E-state index contributed by atoms with van der Waals surface area (Å²) in [6.07, 6.45) is 2.01. The van der Waals surface area contributed by atoms with Crippen LogP contribution < -0.4 is 4.90 Å². The average Bonchev–Trinajstić information content (AvgIpc) is 3.12. The molecule has 2 aromatic heterocycles. The molecule has 0 aliphatic carbocycles. The minimum atomic E-state index is -0.459. The summed E-state index contributed by atoms with van der Waals surface area (Å²) in [5.41, 5.74) is 4.39. The van der Waals surface area contributed by atoms with E-state index in [0.29, 0.717) is 22.8 Å². The Bertz CT molecular complexity index is 1220. The van der Waals surface area contributed by atoms with Crippen LogP contribution in [0.2, 0.25) is 5.02 Å². The fourth-order valence-electron chi connectivity index (χ4n) is 4.01. The Morgan fingerprint density at radius 2 is 1.86 bits per heavy atom. The van der Waals surface area contributed by atoms with E-state index in [1.54, 1.807) is 6.07 Å². The number of nitrogens with zero attached hydrogens (tertiary/aromatic N) is 5. The van der Waals surface area contributed by atoms with Crippen LogP contribution in [0.3, 0.4) is 0 Å². The van der Waals surface area contributed by atoms with Crippen LogP contribution in [0.25, 0.3) is 16.7 Å². The summed E-state index contributed by atoms with van der Waals surface area (Å²) in [4.78, 5) is 6.87. The molecule has 5 rings (SSSR count). The number of rotatable bonds is 1. The van der Waals surface area contributed by atoms with Crippen LogP contribution in [0.1, 0.15) is 37.2 Å². The summed E-state index contributed by atoms with van der Waals surface area (Å²) in [6, 6.07) is 9.33. The lowest BCUT2D eigenvalue weighted by molar-refractivity contribution is 0.630. The molecule has 0 N–H and O–H groups in total. The minimum Gasteiger partial charge on any atom is -0.325 e. The minimum absolute atomic E-state index is 0.0739. The third-order valence-corrected chi connectivity index (χ3v) is 5.66. The zero-order valence-corrected chi connectivity index (χ0v) is 17.8. The van der Waals surface area contributed by atoms with Gasteiger partial charge < -0.3 is 4.90 Å². The second-order valence-corrected chi connectivity index (χ2v) is 7.28. The van der Waals surface area contributed by atoms with Crippen molar-refractivity contribution in [1.29, 1.82) is 0 Å². The molecule has 4 aromatic rings. The van der Waals surface area contributed by atoms with Gasteiger partial charge in [0.1, 0.15) is 17.5 Å². The molecule has 0 spiro atoms. The highest BCUT2D eigenvalue weighted by atomic mass is 35.5. The number of halogens is 2. The predicted octanol–water partition coefficient (Wildman–Crippen LogP) is 5.80. The summed E-state index contributed by atoms with van der Waals surface area (Å²) in [7, 11) is 0. The number of anilines is 2. The Hall–Kier alpha value is -2.73. The summed E-state index contributed by atoms with van der Waals surface area (Å²) in [5.74, 6) is 1.34. The van der Waals surface area contributed by atoms with Gasteiger partial charge in [-0.05, 0) is 56.0 Å². The van der Waals surface area contributed by atoms with Crippen molar-refractivity contribution in [2.24, 2.45) is 0 Å². The summed E-state index contributed by atoms with van der Waals surface area (Å²) < 4.78 is 16.2. The lowest BCUT2D eigenvalue weighted by Crippen LogP contribution is -2.26. The molecule has 3 heterocycles. The van der Waals surface area contributed by atoms with Gasteiger partial charge in [-0.25, -0.2) is 4.39 Å². The van der Waals surface area contributed by atoms with Gasteiger partial charge in [-0.1, -0.05) is 37.6 Å². The molecule has 150 valence electrons. The van der Waals surface area contributed by atoms with Gasteiger partial charge in [0.25, 0.3) is 5.78 Å². The molecule has 7 heteroatoms. The van der Waals surface area contributed by atoms with Gasteiger partial charge in [-0.2, -0.15) is 4.98 Å². The molecule has 1 aliphatic heterocycles. The van der Waals surface area contributed by atoms with Crippen molar-refractivity contribution < 1.29 is 4.39 Å². The highest BCUT2D eigenvalue weighted by molar-refractivity contribution is 6.36. The molecule has 5 nitrogen and oxygen atoms in total. The first-order valence-corrected chi connectivity index (χ1v) is 10.3. The van der Waals surface area contributed by atoms with Crippen LogP contribution in [0.4, 0.5) is 15.9 Å². The van der Waals surface area contributed by atoms with Gasteiger partial charge in [-0.3, -0.25) is 4.40 Å². The Labute approximate surface area is 174 Å². The first-order valence-electron chi connectivity index (χ1n) is 9.91. The molecule has 0 atom stereocenters. The van der Waals surface area contributed by atoms with E-state index in [4.69, 9.17) is 16.6 Å².